The summed E-state index contributed by atoms with van der Waals surface area (Å²) in [6.45, 7) is 4.79. The zero-order chi connectivity index (χ0) is 12.8. The fraction of sp³-hybridized carbons (Fsp3) is 0.643. The number of halogens is 1. The third-order valence-electron chi connectivity index (χ3n) is 3.39. The van der Waals surface area contributed by atoms with E-state index in [1.54, 1.807) is 0 Å². The van der Waals surface area contributed by atoms with Crippen LogP contribution in [0.25, 0.3) is 0 Å². The molecular weight excluding hydrogens is 248 g/mol. The van der Waals surface area contributed by atoms with Crippen molar-refractivity contribution in [2.75, 3.05) is 30.5 Å². The van der Waals surface area contributed by atoms with Gasteiger partial charge in [0.1, 0.15) is 0 Å². The van der Waals surface area contributed by atoms with Gasteiger partial charge in [0, 0.05) is 25.2 Å². The smallest absolute Gasteiger partial charge is 0.171 e. The van der Waals surface area contributed by atoms with Crippen LogP contribution in [0.1, 0.15) is 26.2 Å². The molecule has 0 aliphatic carbocycles. The molecule has 1 aliphatic heterocycles. The normalized spacial score (nSPS) is 19.9. The highest BCUT2D eigenvalue weighted by atomic mass is 35.5. The average Bonchev–Trinajstić information content (AvgIpc) is 2.40. The molecule has 1 fully saturated rings. The van der Waals surface area contributed by atoms with Crippen LogP contribution in [0.15, 0.2) is 18.3 Å². The first-order valence-corrected chi connectivity index (χ1v) is 7.27. The number of piperidine rings is 1. The summed E-state index contributed by atoms with van der Waals surface area (Å²) in [6.07, 6.45) is 5.42. The van der Waals surface area contributed by atoms with Gasteiger partial charge in [-0.3, -0.25) is 0 Å². The molecule has 0 spiro atoms. The molecule has 0 bridgehead atoms. The first-order chi connectivity index (χ1) is 8.85. The third kappa shape index (κ3) is 3.29. The van der Waals surface area contributed by atoms with Crippen molar-refractivity contribution in [3.63, 3.8) is 0 Å². The van der Waals surface area contributed by atoms with Gasteiger partial charge >= 0.3 is 0 Å². The van der Waals surface area contributed by atoms with Crippen LogP contribution in [0, 0.1) is 5.92 Å². The van der Waals surface area contributed by atoms with Crippen molar-refractivity contribution in [3.8, 4) is 5.75 Å². The standard InChI is InChI=1S/C14H21ClN2O/c1-2-18-13-6-3-9-16-14(13)17-10-4-5-12(11-17)7-8-15/h3,6,9,12H,2,4-5,7-8,10-11H2,1H3. The first kappa shape index (κ1) is 13.5. The average molecular weight is 269 g/mol. The van der Waals surface area contributed by atoms with Crippen LogP contribution < -0.4 is 9.64 Å². The van der Waals surface area contributed by atoms with Gasteiger partial charge in [0.15, 0.2) is 11.6 Å². The second-order valence-electron chi connectivity index (χ2n) is 4.69. The van der Waals surface area contributed by atoms with Crippen LogP contribution in [-0.2, 0) is 0 Å². The molecule has 18 heavy (non-hydrogen) atoms. The number of pyridine rings is 1. The highest BCUT2D eigenvalue weighted by molar-refractivity contribution is 6.17. The highest BCUT2D eigenvalue weighted by Crippen LogP contribution is 2.30. The fourth-order valence-electron chi connectivity index (χ4n) is 2.54. The molecule has 0 saturated carbocycles. The quantitative estimate of drug-likeness (QED) is 0.766. The second kappa shape index (κ2) is 6.83. The molecule has 0 radical (unpaired) electrons. The van der Waals surface area contributed by atoms with E-state index in [0.29, 0.717) is 12.5 Å². The van der Waals surface area contributed by atoms with Crippen molar-refractivity contribution in [2.45, 2.75) is 26.2 Å². The van der Waals surface area contributed by atoms with Crippen LogP contribution in [0.4, 0.5) is 5.82 Å². The minimum absolute atomic E-state index is 0.678. The lowest BCUT2D eigenvalue weighted by atomic mass is 9.95. The van der Waals surface area contributed by atoms with Crippen LogP contribution in [0.2, 0.25) is 0 Å². The molecule has 1 aromatic rings. The molecule has 0 aromatic carbocycles. The number of ether oxygens (including phenoxy) is 1. The van der Waals surface area contributed by atoms with E-state index < -0.39 is 0 Å². The maximum absolute atomic E-state index is 5.85. The lowest BCUT2D eigenvalue weighted by Crippen LogP contribution is -2.36. The number of nitrogens with zero attached hydrogens (tertiary/aromatic N) is 2. The lowest BCUT2D eigenvalue weighted by molar-refractivity contribution is 0.335. The Kier molecular flexibility index (Phi) is 5.12. The molecule has 3 nitrogen and oxygen atoms in total. The fourth-order valence-corrected chi connectivity index (χ4v) is 2.84. The van der Waals surface area contributed by atoms with Gasteiger partial charge in [-0.2, -0.15) is 0 Å². The summed E-state index contributed by atoms with van der Waals surface area (Å²) in [5.41, 5.74) is 0. The lowest BCUT2D eigenvalue weighted by Gasteiger charge is -2.34. The van der Waals surface area contributed by atoms with E-state index in [0.717, 1.165) is 37.0 Å². The zero-order valence-corrected chi connectivity index (χ0v) is 11.7. The number of anilines is 1. The summed E-state index contributed by atoms with van der Waals surface area (Å²) >= 11 is 5.85. The minimum Gasteiger partial charge on any atom is -0.490 e. The van der Waals surface area contributed by atoms with Crippen molar-refractivity contribution in [2.24, 2.45) is 5.92 Å². The second-order valence-corrected chi connectivity index (χ2v) is 5.07. The number of hydrogen-bond donors (Lipinski definition) is 0. The van der Waals surface area contributed by atoms with E-state index in [2.05, 4.69) is 9.88 Å². The molecule has 0 N–H and O–H groups in total. The number of hydrogen-bond acceptors (Lipinski definition) is 3. The Morgan fingerprint density at radius 2 is 2.44 bits per heavy atom. The molecular formula is C14H21ClN2O. The van der Waals surface area contributed by atoms with Gasteiger partial charge < -0.3 is 9.64 Å². The Hall–Kier alpha value is -0.960. The monoisotopic (exact) mass is 268 g/mol. The topological polar surface area (TPSA) is 25.4 Å². The van der Waals surface area contributed by atoms with Crippen molar-refractivity contribution >= 4 is 17.4 Å². The van der Waals surface area contributed by atoms with E-state index in [4.69, 9.17) is 16.3 Å². The largest absolute Gasteiger partial charge is 0.490 e. The van der Waals surface area contributed by atoms with Gasteiger partial charge in [0.2, 0.25) is 0 Å². The summed E-state index contributed by atoms with van der Waals surface area (Å²) in [6, 6.07) is 3.92. The van der Waals surface area contributed by atoms with Gasteiger partial charge in [-0.15, -0.1) is 11.6 Å². The maximum Gasteiger partial charge on any atom is 0.171 e. The summed E-state index contributed by atoms with van der Waals surface area (Å²) < 4.78 is 5.66. The van der Waals surface area contributed by atoms with E-state index in [9.17, 15) is 0 Å². The zero-order valence-electron chi connectivity index (χ0n) is 10.9. The number of alkyl halides is 1. The summed E-state index contributed by atoms with van der Waals surface area (Å²) in [7, 11) is 0. The maximum atomic E-state index is 5.85. The predicted molar refractivity (Wildman–Crippen MR) is 75.7 cm³/mol. The summed E-state index contributed by atoms with van der Waals surface area (Å²) in [5.74, 6) is 3.32. The molecule has 2 rings (SSSR count). The van der Waals surface area contributed by atoms with E-state index in [-0.39, 0.29) is 0 Å². The molecule has 1 aromatic heterocycles. The molecule has 1 unspecified atom stereocenters. The Morgan fingerprint density at radius 1 is 1.56 bits per heavy atom. The third-order valence-corrected chi connectivity index (χ3v) is 3.60. The first-order valence-electron chi connectivity index (χ1n) is 6.74. The molecule has 0 amide bonds. The van der Waals surface area contributed by atoms with Gasteiger partial charge in [0.25, 0.3) is 0 Å². The van der Waals surface area contributed by atoms with Crippen molar-refractivity contribution in [1.29, 1.82) is 0 Å². The molecule has 1 saturated heterocycles. The highest BCUT2D eigenvalue weighted by Gasteiger charge is 2.22. The SMILES string of the molecule is CCOc1cccnc1N1CCCC(CCCl)C1. The molecule has 2 heterocycles. The van der Waals surface area contributed by atoms with Crippen molar-refractivity contribution in [3.05, 3.63) is 18.3 Å². The Labute approximate surface area is 114 Å². The van der Waals surface area contributed by atoms with Crippen LogP contribution in [-0.4, -0.2) is 30.6 Å². The van der Waals surface area contributed by atoms with Gasteiger partial charge in [-0.1, -0.05) is 0 Å². The van der Waals surface area contributed by atoms with E-state index in [1.807, 2.05) is 25.3 Å². The minimum atomic E-state index is 0.678. The Morgan fingerprint density at radius 3 is 3.22 bits per heavy atom. The van der Waals surface area contributed by atoms with Gasteiger partial charge in [-0.05, 0) is 44.2 Å². The van der Waals surface area contributed by atoms with Crippen molar-refractivity contribution in [1.82, 2.24) is 4.98 Å². The summed E-state index contributed by atoms with van der Waals surface area (Å²) in [5, 5.41) is 0. The molecule has 4 heteroatoms. The van der Waals surface area contributed by atoms with E-state index in [1.165, 1.54) is 12.8 Å². The van der Waals surface area contributed by atoms with Crippen LogP contribution in [0.3, 0.4) is 0 Å². The van der Waals surface area contributed by atoms with Crippen LogP contribution in [0.5, 0.6) is 5.75 Å². The van der Waals surface area contributed by atoms with Gasteiger partial charge in [0.05, 0.1) is 6.61 Å². The van der Waals surface area contributed by atoms with Crippen molar-refractivity contribution < 1.29 is 4.74 Å². The Bertz CT molecular complexity index is 371. The molecule has 1 aliphatic rings. The molecule has 1 atom stereocenters. The van der Waals surface area contributed by atoms with E-state index >= 15 is 0 Å². The Balaban J connectivity index is 2.10. The summed E-state index contributed by atoms with van der Waals surface area (Å²) in [4.78, 5) is 6.82. The van der Waals surface area contributed by atoms with Crippen LogP contribution >= 0.6 is 11.6 Å². The predicted octanol–water partition coefficient (Wildman–Crippen LogP) is 3.33. The number of aromatic nitrogens is 1. The van der Waals surface area contributed by atoms with Gasteiger partial charge in [-0.25, -0.2) is 4.98 Å². The number of rotatable bonds is 5. The molecule has 100 valence electrons.